The van der Waals surface area contributed by atoms with Crippen molar-refractivity contribution in [3.8, 4) is 12.3 Å². The van der Waals surface area contributed by atoms with E-state index in [1.54, 1.807) is 0 Å². The fraction of sp³-hybridized carbons (Fsp3) is 0.400. The molecule has 2 rings (SSSR count). The van der Waals surface area contributed by atoms with E-state index in [9.17, 15) is 4.79 Å². The first-order valence-electron chi connectivity index (χ1n) is 6.24. The number of halogens is 1. The molecule has 94 valence electrons. The molecule has 1 N–H and O–H groups in total. The van der Waals surface area contributed by atoms with Crippen molar-refractivity contribution in [3.63, 3.8) is 0 Å². The molecular weight excluding hydrogens is 337 g/mol. The fourth-order valence-electron chi connectivity index (χ4n) is 2.39. The van der Waals surface area contributed by atoms with Gasteiger partial charge in [-0.1, -0.05) is 25.0 Å². The summed E-state index contributed by atoms with van der Waals surface area (Å²) in [5.41, 5.74) is 0.736. The highest BCUT2D eigenvalue weighted by molar-refractivity contribution is 14.1. The molecule has 0 radical (unpaired) electrons. The van der Waals surface area contributed by atoms with E-state index in [1.165, 1.54) is 6.42 Å². The smallest absolute Gasteiger partial charge is 0.252 e. The maximum atomic E-state index is 12.2. The fourth-order valence-corrected chi connectivity index (χ4v) is 3.03. The van der Waals surface area contributed by atoms with E-state index in [-0.39, 0.29) is 17.9 Å². The highest BCUT2D eigenvalue weighted by Gasteiger charge is 2.25. The lowest BCUT2D eigenvalue weighted by Crippen LogP contribution is -2.41. The zero-order valence-corrected chi connectivity index (χ0v) is 12.3. The van der Waals surface area contributed by atoms with Crippen molar-refractivity contribution in [2.24, 2.45) is 5.92 Å². The molecule has 2 atom stereocenters. The maximum Gasteiger partial charge on any atom is 0.252 e. The number of hydrogen-bond donors (Lipinski definition) is 1. The second kappa shape index (κ2) is 6.24. The zero-order valence-electron chi connectivity index (χ0n) is 10.2. The third kappa shape index (κ3) is 3.05. The average Bonchev–Trinajstić information content (AvgIpc) is 2.39. The lowest BCUT2D eigenvalue weighted by molar-refractivity contribution is 0.0916. The summed E-state index contributed by atoms with van der Waals surface area (Å²) in [6.07, 6.45) is 9.86. The van der Waals surface area contributed by atoms with E-state index >= 15 is 0 Å². The lowest BCUT2D eigenvalue weighted by Gasteiger charge is -2.28. The monoisotopic (exact) mass is 353 g/mol. The number of terminal acetylenes is 1. The SMILES string of the molecule is C#CC1CCCCC1NC(=O)c1ccccc1I. The number of rotatable bonds is 2. The number of amides is 1. The molecule has 1 fully saturated rings. The van der Waals surface area contributed by atoms with Crippen molar-refractivity contribution in [2.45, 2.75) is 31.7 Å². The van der Waals surface area contributed by atoms with Gasteiger partial charge in [0.2, 0.25) is 0 Å². The molecule has 1 aliphatic rings. The van der Waals surface area contributed by atoms with Gasteiger partial charge in [-0.25, -0.2) is 0 Å². The van der Waals surface area contributed by atoms with Crippen LogP contribution in [-0.2, 0) is 0 Å². The van der Waals surface area contributed by atoms with E-state index in [1.807, 2.05) is 24.3 Å². The first-order chi connectivity index (χ1) is 8.72. The van der Waals surface area contributed by atoms with Gasteiger partial charge in [0, 0.05) is 15.5 Å². The molecule has 18 heavy (non-hydrogen) atoms. The average molecular weight is 353 g/mol. The van der Waals surface area contributed by atoms with Crippen LogP contribution in [0.4, 0.5) is 0 Å². The van der Waals surface area contributed by atoms with Gasteiger partial charge >= 0.3 is 0 Å². The van der Waals surface area contributed by atoms with Crippen LogP contribution < -0.4 is 5.32 Å². The quantitative estimate of drug-likeness (QED) is 0.642. The molecule has 1 aliphatic carbocycles. The summed E-state index contributed by atoms with van der Waals surface area (Å²) >= 11 is 2.18. The van der Waals surface area contributed by atoms with Gasteiger partial charge in [-0.05, 0) is 47.6 Å². The van der Waals surface area contributed by atoms with Gasteiger partial charge in [0.25, 0.3) is 5.91 Å². The van der Waals surface area contributed by atoms with Crippen LogP contribution in [0.2, 0.25) is 0 Å². The predicted octanol–water partition coefficient (Wildman–Crippen LogP) is 3.21. The Morgan fingerprint density at radius 1 is 1.33 bits per heavy atom. The summed E-state index contributed by atoms with van der Waals surface area (Å²) in [5.74, 6) is 2.99. The minimum atomic E-state index is -0.00727. The molecule has 0 aromatic heterocycles. The molecule has 0 heterocycles. The molecule has 1 amide bonds. The number of nitrogens with one attached hydrogen (secondary N) is 1. The molecule has 1 aromatic rings. The summed E-state index contributed by atoms with van der Waals surface area (Å²) in [7, 11) is 0. The van der Waals surface area contributed by atoms with Crippen LogP contribution in [-0.4, -0.2) is 11.9 Å². The van der Waals surface area contributed by atoms with Gasteiger partial charge in [-0.3, -0.25) is 4.79 Å². The van der Waals surface area contributed by atoms with E-state index in [0.717, 1.165) is 28.4 Å². The van der Waals surface area contributed by atoms with Crippen molar-refractivity contribution in [1.82, 2.24) is 5.32 Å². The number of carbonyl (C=O) groups is 1. The van der Waals surface area contributed by atoms with E-state index in [4.69, 9.17) is 6.42 Å². The Morgan fingerprint density at radius 3 is 2.78 bits per heavy atom. The van der Waals surface area contributed by atoms with Crippen molar-refractivity contribution in [1.29, 1.82) is 0 Å². The molecular formula is C15H16INO. The zero-order chi connectivity index (χ0) is 13.0. The highest BCUT2D eigenvalue weighted by atomic mass is 127. The van der Waals surface area contributed by atoms with Crippen molar-refractivity contribution in [2.75, 3.05) is 0 Å². The van der Waals surface area contributed by atoms with Crippen LogP contribution in [0.25, 0.3) is 0 Å². The second-order valence-electron chi connectivity index (χ2n) is 4.62. The second-order valence-corrected chi connectivity index (χ2v) is 5.78. The summed E-state index contributed by atoms with van der Waals surface area (Å²) in [6, 6.07) is 7.74. The van der Waals surface area contributed by atoms with Gasteiger partial charge in [-0.15, -0.1) is 12.3 Å². The molecule has 1 saturated carbocycles. The first-order valence-corrected chi connectivity index (χ1v) is 7.32. The van der Waals surface area contributed by atoms with Crippen LogP contribution in [0.1, 0.15) is 36.0 Å². The topological polar surface area (TPSA) is 29.1 Å². The van der Waals surface area contributed by atoms with Crippen LogP contribution >= 0.6 is 22.6 Å². The van der Waals surface area contributed by atoms with Crippen molar-refractivity contribution >= 4 is 28.5 Å². The van der Waals surface area contributed by atoms with E-state index < -0.39 is 0 Å². The molecule has 0 aliphatic heterocycles. The van der Waals surface area contributed by atoms with E-state index in [2.05, 4.69) is 33.8 Å². The summed E-state index contributed by atoms with van der Waals surface area (Å²) in [4.78, 5) is 12.2. The standard InChI is InChI=1S/C15H16INO/c1-2-11-7-3-6-10-14(11)17-15(18)12-8-4-5-9-13(12)16/h1,4-5,8-9,11,14H,3,6-7,10H2,(H,17,18). The van der Waals surface area contributed by atoms with Crippen LogP contribution in [0, 0.1) is 21.8 Å². The highest BCUT2D eigenvalue weighted by Crippen LogP contribution is 2.24. The Morgan fingerprint density at radius 2 is 2.06 bits per heavy atom. The summed E-state index contributed by atoms with van der Waals surface area (Å²) < 4.78 is 0.973. The third-order valence-corrected chi connectivity index (χ3v) is 4.36. The van der Waals surface area contributed by atoms with E-state index in [0.29, 0.717) is 0 Å². The van der Waals surface area contributed by atoms with Crippen LogP contribution in [0.3, 0.4) is 0 Å². The van der Waals surface area contributed by atoms with Gasteiger partial charge in [0.1, 0.15) is 0 Å². The largest absolute Gasteiger partial charge is 0.348 e. The van der Waals surface area contributed by atoms with Gasteiger partial charge in [0.05, 0.1) is 5.56 Å². The van der Waals surface area contributed by atoms with Crippen molar-refractivity contribution in [3.05, 3.63) is 33.4 Å². The minimum absolute atomic E-state index is 0.00727. The van der Waals surface area contributed by atoms with Gasteiger partial charge < -0.3 is 5.32 Å². The van der Waals surface area contributed by atoms with Crippen LogP contribution in [0.15, 0.2) is 24.3 Å². The lowest BCUT2D eigenvalue weighted by atomic mass is 9.85. The molecule has 0 bridgehead atoms. The molecule has 2 unspecified atom stereocenters. The summed E-state index contributed by atoms with van der Waals surface area (Å²) in [6.45, 7) is 0. The molecule has 1 aromatic carbocycles. The first kappa shape index (κ1) is 13.4. The van der Waals surface area contributed by atoms with Crippen molar-refractivity contribution < 1.29 is 4.79 Å². The van der Waals surface area contributed by atoms with Gasteiger partial charge in [-0.2, -0.15) is 0 Å². The number of carbonyl (C=O) groups excluding carboxylic acids is 1. The van der Waals surface area contributed by atoms with Gasteiger partial charge in [0.15, 0.2) is 0 Å². The molecule has 0 spiro atoms. The number of hydrogen-bond acceptors (Lipinski definition) is 1. The maximum absolute atomic E-state index is 12.2. The van der Waals surface area contributed by atoms with Crippen LogP contribution in [0.5, 0.6) is 0 Å². The third-order valence-electron chi connectivity index (χ3n) is 3.42. The molecule has 0 saturated heterocycles. The Kier molecular flexibility index (Phi) is 4.65. The Bertz CT molecular complexity index is 478. The summed E-state index contributed by atoms with van der Waals surface area (Å²) in [5, 5.41) is 3.09. The molecule has 2 nitrogen and oxygen atoms in total. The Balaban J connectivity index is 2.07. The minimum Gasteiger partial charge on any atom is -0.348 e. The predicted molar refractivity (Wildman–Crippen MR) is 81.2 cm³/mol. The Labute approximate surface area is 122 Å². The molecule has 3 heteroatoms. The number of benzene rings is 1. The normalized spacial score (nSPS) is 23.1. The Hall–Kier alpha value is -1.02.